The molecule has 3 rings (SSSR count). The maximum atomic E-state index is 12.5. The van der Waals surface area contributed by atoms with Crippen LogP contribution in [0, 0.1) is 0 Å². The normalized spacial score (nSPS) is 12.1. The van der Waals surface area contributed by atoms with Crippen molar-refractivity contribution in [3.05, 3.63) is 47.1 Å². The number of ether oxygens (including phenoxy) is 2. The van der Waals surface area contributed by atoms with E-state index in [4.69, 9.17) is 13.9 Å². The number of hydrogen-bond donors (Lipinski definition) is 0. The maximum Gasteiger partial charge on any atom is 0.259 e. The van der Waals surface area contributed by atoms with Gasteiger partial charge in [-0.2, -0.15) is 0 Å². The summed E-state index contributed by atoms with van der Waals surface area (Å²) in [5, 5.41) is 1.41. The number of aryl methyl sites for hydroxylation is 1. The smallest absolute Gasteiger partial charge is 0.259 e. The molecule has 1 aromatic carbocycles. The van der Waals surface area contributed by atoms with E-state index in [1.54, 1.807) is 38.2 Å². The Kier molecular flexibility index (Phi) is 5.69. The molecule has 3 aromatic rings. The predicted octanol–water partition coefficient (Wildman–Crippen LogP) is 5.00. The third-order valence-electron chi connectivity index (χ3n) is 5.93. The lowest BCUT2D eigenvalue weighted by Crippen LogP contribution is -2.43. The van der Waals surface area contributed by atoms with Crippen molar-refractivity contribution < 1.29 is 13.9 Å². The van der Waals surface area contributed by atoms with Crippen LogP contribution in [-0.4, -0.2) is 32.1 Å². The molecule has 0 bridgehead atoms. The van der Waals surface area contributed by atoms with Crippen LogP contribution in [0.25, 0.3) is 21.9 Å². The lowest BCUT2D eigenvalue weighted by molar-refractivity contribution is 0.378. The van der Waals surface area contributed by atoms with Crippen molar-refractivity contribution in [1.82, 2.24) is 9.55 Å². The van der Waals surface area contributed by atoms with Gasteiger partial charge in [-0.25, -0.2) is 0 Å². The molecule has 0 N–H and O–H groups in total. The van der Waals surface area contributed by atoms with E-state index in [9.17, 15) is 4.79 Å². The molecule has 0 spiro atoms. The average Bonchev–Trinajstić information content (AvgIpc) is 2.69. The van der Waals surface area contributed by atoms with Gasteiger partial charge in [0.15, 0.2) is 5.75 Å². The number of pyridine rings is 2. The van der Waals surface area contributed by atoms with Gasteiger partial charge in [-0.3, -0.25) is 9.78 Å². The van der Waals surface area contributed by atoms with Crippen molar-refractivity contribution in [3.8, 4) is 28.4 Å². The largest absolute Gasteiger partial charge is 0.541 e. The molecule has 0 saturated heterocycles. The monoisotopic (exact) mass is 426 g/mol. The molecule has 30 heavy (non-hydrogen) atoms. The van der Waals surface area contributed by atoms with E-state index < -0.39 is 8.32 Å². The zero-order chi connectivity index (χ0) is 22.3. The minimum Gasteiger partial charge on any atom is -0.541 e. The van der Waals surface area contributed by atoms with Crippen LogP contribution in [-0.2, 0) is 7.05 Å². The summed E-state index contributed by atoms with van der Waals surface area (Å²) in [5.41, 5.74) is 1.60. The number of aromatic nitrogens is 2. The van der Waals surface area contributed by atoms with Gasteiger partial charge in [0.25, 0.3) is 13.9 Å². The number of rotatable bonds is 5. The number of nitrogens with zero attached hydrogens (tertiary/aromatic N) is 2. The van der Waals surface area contributed by atoms with Crippen LogP contribution in [0.15, 0.2) is 41.6 Å². The van der Waals surface area contributed by atoms with Gasteiger partial charge >= 0.3 is 0 Å². The molecule has 2 heterocycles. The summed E-state index contributed by atoms with van der Waals surface area (Å²) in [7, 11) is 2.92. The van der Waals surface area contributed by atoms with Crippen LogP contribution in [0.4, 0.5) is 0 Å². The fraction of sp³-hybridized carbons (Fsp3) is 0.391. The topological polar surface area (TPSA) is 62.6 Å². The van der Waals surface area contributed by atoms with Gasteiger partial charge in [-0.05, 0) is 35.7 Å². The third-order valence-corrected chi connectivity index (χ3v) is 10.3. The molecule has 0 aliphatic carbocycles. The van der Waals surface area contributed by atoms with Crippen LogP contribution in [0.5, 0.6) is 17.2 Å². The average molecular weight is 427 g/mol. The second-order valence-electron chi connectivity index (χ2n) is 8.95. The van der Waals surface area contributed by atoms with Crippen molar-refractivity contribution in [2.45, 2.75) is 38.9 Å². The first-order chi connectivity index (χ1) is 14.0. The highest BCUT2D eigenvalue weighted by Crippen LogP contribution is 2.45. The van der Waals surface area contributed by atoms with Gasteiger partial charge in [0.1, 0.15) is 11.5 Å². The molecule has 0 amide bonds. The van der Waals surface area contributed by atoms with Crippen molar-refractivity contribution in [1.29, 1.82) is 0 Å². The van der Waals surface area contributed by atoms with Crippen LogP contribution >= 0.6 is 0 Å². The summed E-state index contributed by atoms with van der Waals surface area (Å²) in [6.07, 6.45) is 5.10. The van der Waals surface area contributed by atoms with E-state index in [2.05, 4.69) is 38.8 Å². The second kappa shape index (κ2) is 7.79. The molecule has 0 atom stereocenters. The second-order valence-corrected chi connectivity index (χ2v) is 13.7. The summed E-state index contributed by atoms with van der Waals surface area (Å²) >= 11 is 0. The fourth-order valence-corrected chi connectivity index (χ4v) is 4.13. The fourth-order valence-electron chi connectivity index (χ4n) is 3.11. The van der Waals surface area contributed by atoms with Crippen LogP contribution < -0.4 is 19.5 Å². The zero-order valence-electron chi connectivity index (χ0n) is 19.0. The molecule has 0 saturated carbocycles. The van der Waals surface area contributed by atoms with Crippen LogP contribution in [0.3, 0.4) is 0 Å². The lowest BCUT2D eigenvalue weighted by Gasteiger charge is -2.37. The molecule has 0 radical (unpaired) electrons. The minimum absolute atomic E-state index is 0.0465. The number of fused-ring (bicyclic) bond motifs is 1. The number of methoxy groups -OCH3 is 2. The zero-order valence-corrected chi connectivity index (χ0v) is 20.0. The van der Waals surface area contributed by atoms with Crippen molar-refractivity contribution in [2.24, 2.45) is 7.05 Å². The van der Waals surface area contributed by atoms with Gasteiger partial charge < -0.3 is 18.5 Å². The third kappa shape index (κ3) is 3.81. The summed E-state index contributed by atoms with van der Waals surface area (Å²) in [6.45, 7) is 11.0. The van der Waals surface area contributed by atoms with Gasteiger partial charge in [-0.15, -0.1) is 0 Å². The van der Waals surface area contributed by atoms with Crippen molar-refractivity contribution in [3.63, 3.8) is 0 Å². The molecule has 7 heteroatoms. The van der Waals surface area contributed by atoms with Crippen molar-refractivity contribution >= 4 is 19.1 Å². The van der Waals surface area contributed by atoms with E-state index in [-0.39, 0.29) is 10.6 Å². The Balaban J connectivity index is 2.25. The minimum atomic E-state index is -2.08. The quantitative estimate of drug-likeness (QED) is 0.537. The molecule has 0 unspecified atom stereocenters. The van der Waals surface area contributed by atoms with Gasteiger partial charge in [0, 0.05) is 42.8 Å². The Labute approximate surface area is 178 Å². The molecule has 160 valence electrons. The molecule has 6 nitrogen and oxygen atoms in total. The van der Waals surface area contributed by atoms with Gasteiger partial charge in [0.05, 0.1) is 19.6 Å². The lowest BCUT2D eigenvalue weighted by atomic mass is 10.0. The highest BCUT2D eigenvalue weighted by atomic mass is 28.4. The summed E-state index contributed by atoms with van der Waals surface area (Å²) in [6, 6.07) is 5.64. The highest BCUT2D eigenvalue weighted by molar-refractivity contribution is 6.74. The molecular formula is C23H30N2O4Si. The maximum absolute atomic E-state index is 12.5. The molecule has 0 fully saturated rings. The predicted molar refractivity (Wildman–Crippen MR) is 123 cm³/mol. The first-order valence-electron chi connectivity index (χ1n) is 9.89. The van der Waals surface area contributed by atoms with Gasteiger partial charge in [-0.1, -0.05) is 20.8 Å². The van der Waals surface area contributed by atoms with Crippen molar-refractivity contribution in [2.75, 3.05) is 14.2 Å². The Hall–Kier alpha value is -2.80. The first-order valence-corrected chi connectivity index (χ1v) is 12.8. The molecule has 0 aliphatic rings. The Morgan fingerprint density at radius 3 is 2.23 bits per heavy atom. The highest BCUT2D eigenvalue weighted by Gasteiger charge is 2.39. The number of benzene rings is 1. The first kappa shape index (κ1) is 21.9. The molecular weight excluding hydrogens is 396 g/mol. The van der Waals surface area contributed by atoms with E-state index in [1.807, 2.05) is 24.4 Å². The molecule has 0 aliphatic heterocycles. The molecule has 2 aromatic heterocycles. The van der Waals surface area contributed by atoms with Gasteiger partial charge in [0.2, 0.25) is 0 Å². The van der Waals surface area contributed by atoms with E-state index in [0.717, 1.165) is 16.5 Å². The number of hydrogen-bond acceptors (Lipinski definition) is 5. The van der Waals surface area contributed by atoms with E-state index in [0.29, 0.717) is 22.6 Å². The standard InChI is InChI=1S/C23H30N2O4Si/c1-23(2,3)30(7,8)29-21-12-19(27-5)16(11-20(21)28-6)18-14-25(4)22(26)17-13-24-10-9-15(17)18/h9-14H,1-8H3. The SMILES string of the molecule is COc1cc(-c2cn(C)c(=O)c3cnccc23)c(OC)cc1O[Si](C)(C)C(C)(C)C. The summed E-state index contributed by atoms with van der Waals surface area (Å²) in [5.74, 6) is 1.95. The Morgan fingerprint density at radius 2 is 1.63 bits per heavy atom. The summed E-state index contributed by atoms with van der Waals surface area (Å²) in [4.78, 5) is 16.7. The van der Waals surface area contributed by atoms with E-state index in [1.165, 1.54) is 0 Å². The Bertz CT molecular complexity index is 1150. The van der Waals surface area contributed by atoms with Crippen LogP contribution in [0.1, 0.15) is 20.8 Å². The Morgan fingerprint density at radius 1 is 0.967 bits per heavy atom. The van der Waals surface area contributed by atoms with Crippen LogP contribution in [0.2, 0.25) is 18.1 Å². The summed E-state index contributed by atoms with van der Waals surface area (Å²) < 4.78 is 19.5. The van der Waals surface area contributed by atoms with E-state index >= 15 is 0 Å².